The molecule has 0 amide bonds. The Morgan fingerprint density at radius 1 is 1.23 bits per heavy atom. The van der Waals surface area contributed by atoms with Gasteiger partial charge >= 0.3 is 5.97 Å². The van der Waals surface area contributed by atoms with Crippen molar-refractivity contribution in [2.24, 2.45) is 0 Å². The standard InChI is InChI=1S/C25H20FN3O3S3/c1-3-29-21(13-20-28(10-11-33-20)14-15-6-4-5-7-17(15)25(31)32)35-22(23(29)30)24-27(2)18-9-8-16(26)12-19(18)34-24/h4-13H,3,14H2,1-2H3/p+1/b24-22+. The number of anilines is 1. The lowest BCUT2D eigenvalue weighted by Crippen LogP contribution is -2.36. The first-order chi connectivity index (χ1) is 16.9. The second kappa shape index (κ2) is 9.44. The quantitative estimate of drug-likeness (QED) is 0.405. The molecule has 10 heteroatoms. The highest BCUT2D eigenvalue weighted by Gasteiger charge is 2.25. The number of carbonyl (C=O) groups is 1. The summed E-state index contributed by atoms with van der Waals surface area (Å²) >= 11 is 4.34. The van der Waals surface area contributed by atoms with Crippen molar-refractivity contribution in [3.05, 3.63) is 95.5 Å². The molecule has 0 saturated carbocycles. The first kappa shape index (κ1) is 23.5. The first-order valence-corrected chi connectivity index (χ1v) is 13.3. The fraction of sp³-hybridized carbons (Fsp3) is 0.160. The van der Waals surface area contributed by atoms with E-state index in [-0.39, 0.29) is 16.9 Å². The molecule has 0 spiro atoms. The van der Waals surface area contributed by atoms with Gasteiger partial charge in [-0.25, -0.2) is 9.18 Å². The summed E-state index contributed by atoms with van der Waals surface area (Å²) in [6, 6.07) is 11.6. The van der Waals surface area contributed by atoms with Gasteiger partial charge in [-0.1, -0.05) is 41.3 Å². The number of fused-ring (bicyclic) bond motifs is 1. The Morgan fingerprint density at radius 2 is 2.03 bits per heavy atom. The monoisotopic (exact) mass is 526 g/mol. The number of aromatic carboxylic acids is 1. The number of aromatic nitrogens is 2. The second-order valence-electron chi connectivity index (χ2n) is 7.87. The lowest BCUT2D eigenvalue weighted by molar-refractivity contribution is -0.685. The molecule has 35 heavy (non-hydrogen) atoms. The molecule has 0 saturated heterocycles. The van der Waals surface area contributed by atoms with Crippen LogP contribution in [0.5, 0.6) is 0 Å². The average molecular weight is 527 g/mol. The molecule has 5 rings (SSSR count). The number of carboxylic acid groups (broad SMARTS) is 1. The molecule has 1 N–H and O–H groups in total. The van der Waals surface area contributed by atoms with Crippen molar-refractivity contribution in [3.8, 4) is 0 Å². The van der Waals surface area contributed by atoms with Crippen LogP contribution in [0, 0.1) is 5.82 Å². The summed E-state index contributed by atoms with van der Waals surface area (Å²) in [6.45, 7) is 2.85. The Kier molecular flexibility index (Phi) is 6.35. The number of halogens is 1. The van der Waals surface area contributed by atoms with Crippen LogP contribution in [-0.4, -0.2) is 22.7 Å². The summed E-state index contributed by atoms with van der Waals surface area (Å²) in [6.07, 6.45) is 3.89. The molecular formula is C25H21FN3O3S3+. The minimum atomic E-state index is -0.958. The van der Waals surface area contributed by atoms with Crippen LogP contribution >= 0.6 is 34.4 Å². The topological polar surface area (TPSA) is 66.4 Å². The van der Waals surface area contributed by atoms with Gasteiger partial charge in [-0.05, 0) is 31.2 Å². The molecule has 2 aromatic heterocycles. The SMILES string of the molecule is CCn1c(=O)/c(=C2\Sc3cc(F)ccc3N2C)s/c1=C\c1scc[n+]1Cc1ccccc1C(=O)O. The fourth-order valence-electron chi connectivity index (χ4n) is 4.01. The van der Waals surface area contributed by atoms with Crippen LogP contribution in [0.25, 0.3) is 11.1 Å². The number of hydrogen-bond donors (Lipinski definition) is 1. The molecule has 0 unspecified atom stereocenters. The summed E-state index contributed by atoms with van der Waals surface area (Å²) in [4.78, 5) is 27.7. The van der Waals surface area contributed by atoms with Gasteiger partial charge in [0.2, 0.25) is 0 Å². The smallest absolute Gasteiger partial charge is 0.336 e. The molecule has 0 bridgehead atoms. The van der Waals surface area contributed by atoms with Crippen molar-refractivity contribution >= 4 is 57.2 Å². The summed E-state index contributed by atoms with van der Waals surface area (Å²) < 4.78 is 18.9. The van der Waals surface area contributed by atoms with Crippen molar-refractivity contribution in [3.63, 3.8) is 0 Å². The van der Waals surface area contributed by atoms with Crippen LogP contribution in [0.3, 0.4) is 0 Å². The molecule has 1 aliphatic heterocycles. The molecule has 0 radical (unpaired) electrons. The Bertz CT molecular complexity index is 1640. The third-order valence-corrected chi connectivity index (χ3v) is 9.08. The predicted molar refractivity (Wildman–Crippen MR) is 138 cm³/mol. The number of carboxylic acids is 1. The van der Waals surface area contributed by atoms with Crippen molar-refractivity contribution in [2.75, 3.05) is 11.9 Å². The molecule has 178 valence electrons. The molecule has 4 aromatic rings. The minimum absolute atomic E-state index is 0.0780. The van der Waals surface area contributed by atoms with E-state index in [9.17, 15) is 19.1 Å². The van der Waals surface area contributed by atoms with Gasteiger partial charge < -0.3 is 10.0 Å². The maximum atomic E-state index is 13.8. The molecule has 2 aromatic carbocycles. The van der Waals surface area contributed by atoms with Gasteiger partial charge in [-0.15, -0.1) is 11.3 Å². The molecule has 0 aliphatic carbocycles. The van der Waals surface area contributed by atoms with Gasteiger partial charge in [0.25, 0.3) is 10.6 Å². The number of thiazole rings is 2. The fourth-order valence-corrected chi connectivity index (χ4v) is 7.35. The van der Waals surface area contributed by atoms with Crippen molar-refractivity contribution in [2.45, 2.75) is 24.9 Å². The average Bonchev–Trinajstić information content (AvgIpc) is 3.50. The van der Waals surface area contributed by atoms with Crippen molar-refractivity contribution < 1.29 is 18.9 Å². The van der Waals surface area contributed by atoms with E-state index in [1.165, 1.54) is 46.6 Å². The second-order valence-corrected chi connectivity index (χ2v) is 10.9. The molecule has 0 atom stereocenters. The van der Waals surface area contributed by atoms with Crippen LogP contribution in [0.2, 0.25) is 0 Å². The first-order valence-electron chi connectivity index (χ1n) is 10.8. The lowest BCUT2D eigenvalue weighted by atomic mass is 10.1. The molecule has 6 nitrogen and oxygen atoms in total. The zero-order valence-electron chi connectivity index (χ0n) is 18.9. The van der Waals surface area contributed by atoms with Crippen molar-refractivity contribution in [1.82, 2.24) is 4.57 Å². The van der Waals surface area contributed by atoms with Crippen LogP contribution < -0.4 is 24.2 Å². The highest BCUT2D eigenvalue weighted by molar-refractivity contribution is 8.08. The summed E-state index contributed by atoms with van der Waals surface area (Å²) in [5.41, 5.74) is 1.78. The molecule has 3 heterocycles. The number of benzene rings is 2. The Morgan fingerprint density at radius 3 is 2.80 bits per heavy atom. The van der Waals surface area contributed by atoms with Crippen LogP contribution in [-0.2, 0) is 13.1 Å². The van der Waals surface area contributed by atoms with Crippen molar-refractivity contribution in [1.29, 1.82) is 0 Å². The Labute approximate surface area is 212 Å². The largest absolute Gasteiger partial charge is 0.478 e. The molecule has 0 fully saturated rings. The van der Waals surface area contributed by atoms with Gasteiger partial charge in [-0.3, -0.25) is 9.36 Å². The van der Waals surface area contributed by atoms with E-state index in [0.717, 1.165) is 25.3 Å². The highest BCUT2D eigenvalue weighted by atomic mass is 32.2. The number of hydrogen-bond acceptors (Lipinski definition) is 6. The summed E-state index contributed by atoms with van der Waals surface area (Å²) in [7, 11) is 1.89. The summed E-state index contributed by atoms with van der Waals surface area (Å²) in [5, 5.41) is 13.2. The van der Waals surface area contributed by atoms with Crippen LogP contribution in [0.15, 0.2) is 63.7 Å². The Hall–Kier alpha value is -3.21. The van der Waals surface area contributed by atoms with E-state index in [1.807, 2.05) is 53.2 Å². The van der Waals surface area contributed by atoms with E-state index in [0.29, 0.717) is 23.2 Å². The van der Waals surface area contributed by atoms with Gasteiger partial charge in [0.15, 0.2) is 12.7 Å². The lowest BCUT2D eigenvalue weighted by Gasteiger charge is -2.12. The highest BCUT2D eigenvalue weighted by Crippen LogP contribution is 2.45. The van der Waals surface area contributed by atoms with Gasteiger partial charge in [-0.2, -0.15) is 4.57 Å². The van der Waals surface area contributed by atoms with E-state index >= 15 is 0 Å². The third kappa shape index (κ3) is 4.33. The zero-order chi connectivity index (χ0) is 24.7. The maximum absolute atomic E-state index is 13.8. The van der Waals surface area contributed by atoms with E-state index < -0.39 is 5.97 Å². The van der Waals surface area contributed by atoms with Crippen LogP contribution in [0.4, 0.5) is 10.1 Å². The number of rotatable bonds is 5. The van der Waals surface area contributed by atoms with E-state index in [2.05, 4.69) is 0 Å². The normalized spacial score (nSPS) is 15.1. The van der Waals surface area contributed by atoms with E-state index in [4.69, 9.17) is 0 Å². The Balaban J connectivity index is 1.60. The number of nitrogens with zero attached hydrogens (tertiary/aromatic N) is 3. The zero-order valence-corrected chi connectivity index (χ0v) is 21.3. The minimum Gasteiger partial charge on any atom is -0.478 e. The number of thioether (sulfide) groups is 1. The third-order valence-electron chi connectivity index (χ3n) is 5.77. The van der Waals surface area contributed by atoms with Crippen LogP contribution in [0.1, 0.15) is 27.9 Å². The van der Waals surface area contributed by atoms with Gasteiger partial charge in [0.05, 0.1) is 22.7 Å². The van der Waals surface area contributed by atoms with Gasteiger partial charge in [0, 0.05) is 24.1 Å². The summed E-state index contributed by atoms with van der Waals surface area (Å²) in [5.74, 6) is -1.26. The maximum Gasteiger partial charge on any atom is 0.336 e. The molecular weight excluding hydrogens is 505 g/mol. The van der Waals surface area contributed by atoms with E-state index in [1.54, 1.807) is 22.8 Å². The predicted octanol–water partition coefficient (Wildman–Crippen LogP) is 3.30. The van der Waals surface area contributed by atoms with Gasteiger partial charge in [0.1, 0.15) is 20.0 Å². The molecule has 1 aliphatic rings.